The number of benzene rings is 2. The quantitative estimate of drug-likeness (QED) is 0.312. The highest BCUT2D eigenvalue weighted by Crippen LogP contribution is 2.42. The van der Waals surface area contributed by atoms with Crippen LogP contribution in [0.2, 0.25) is 0 Å². The first-order valence-electron chi connectivity index (χ1n) is 16.9. The zero-order valence-electron chi connectivity index (χ0n) is 26.9. The van der Waals surface area contributed by atoms with E-state index in [0.717, 1.165) is 55.8 Å². The number of carbonyl (C=O) groups is 1. The van der Waals surface area contributed by atoms with Crippen LogP contribution in [0.4, 0.5) is 15.9 Å². The fourth-order valence-electron chi connectivity index (χ4n) is 9.09. The number of piperazine rings is 1. The van der Waals surface area contributed by atoms with E-state index in [9.17, 15) is 19.6 Å². The maximum Gasteiger partial charge on any atom is 0.318 e. The summed E-state index contributed by atoms with van der Waals surface area (Å²) in [5.41, 5.74) is 2.59. The number of amides is 1. The first-order chi connectivity index (χ1) is 23.3. The van der Waals surface area contributed by atoms with Crippen molar-refractivity contribution in [3.8, 4) is 30.2 Å². The summed E-state index contributed by atoms with van der Waals surface area (Å²) in [5, 5.41) is 21.9. The molecule has 48 heavy (non-hydrogen) atoms. The van der Waals surface area contributed by atoms with Gasteiger partial charge in [-0.1, -0.05) is 18.6 Å². The van der Waals surface area contributed by atoms with Gasteiger partial charge in [-0.25, -0.2) is 4.39 Å². The molecule has 0 saturated carbocycles. The largest absolute Gasteiger partial charge is 0.508 e. The standard InChI is InChI=1S/C37H38FN7O3/c1-3-27-29(38)8-7-23-16-26(46)17-31(34(23)27)42-14-9-28-30(20-42)40-36(48-22-37-10-5-12-44(37)13-6-11-37)41-35(28)43-19-25-15-24(18-39)32(21-43)45(25)33(47)4-2/h1,4,7-8,16-17,24-25,32,46H,2,5-6,9-15,19-22H2/t24?,25-,32-/m0/s1. The number of carbonyl (C=O) groups excluding carboxylic acids is 1. The third-order valence-electron chi connectivity index (χ3n) is 11.3. The molecule has 11 heteroatoms. The summed E-state index contributed by atoms with van der Waals surface area (Å²) in [4.78, 5) is 31.5. The molecule has 4 fully saturated rings. The summed E-state index contributed by atoms with van der Waals surface area (Å²) in [6.45, 7) is 8.33. The lowest BCUT2D eigenvalue weighted by Gasteiger charge is -2.42. The monoisotopic (exact) mass is 647 g/mol. The fourth-order valence-corrected chi connectivity index (χ4v) is 9.09. The Morgan fingerprint density at radius 2 is 2.00 bits per heavy atom. The molecular formula is C37H38FN7O3. The van der Waals surface area contributed by atoms with Gasteiger partial charge in [-0.3, -0.25) is 9.69 Å². The second-order valence-electron chi connectivity index (χ2n) is 13.8. The highest BCUT2D eigenvalue weighted by molar-refractivity contribution is 6.00. The lowest BCUT2D eigenvalue weighted by Crippen LogP contribution is -2.56. The second kappa shape index (κ2) is 11.7. The molecule has 3 atom stereocenters. The highest BCUT2D eigenvalue weighted by Gasteiger charge is 2.49. The minimum absolute atomic E-state index is 0.0113. The van der Waals surface area contributed by atoms with Crippen LogP contribution in [0.25, 0.3) is 10.8 Å². The summed E-state index contributed by atoms with van der Waals surface area (Å²) < 4.78 is 21.4. The molecule has 0 aliphatic carbocycles. The molecule has 6 heterocycles. The number of hydrogen-bond donors (Lipinski definition) is 1. The average Bonchev–Trinajstić information content (AvgIpc) is 3.75. The van der Waals surface area contributed by atoms with E-state index in [1.54, 1.807) is 18.2 Å². The van der Waals surface area contributed by atoms with Crippen molar-refractivity contribution < 1.29 is 19.0 Å². The average molecular weight is 648 g/mol. The van der Waals surface area contributed by atoms with E-state index >= 15 is 0 Å². The molecule has 10 nitrogen and oxygen atoms in total. The number of nitrogens with zero attached hydrogens (tertiary/aromatic N) is 7. The van der Waals surface area contributed by atoms with Gasteiger partial charge >= 0.3 is 6.01 Å². The number of halogens is 1. The second-order valence-corrected chi connectivity index (χ2v) is 13.8. The van der Waals surface area contributed by atoms with Gasteiger partial charge in [0.05, 0.1) is 47.4 Å². The van der Waals surface area contributed by atoms with E-state index in [1.807, 2.05) is 4.90 Å². The Morgan fingerprint density at radius 3 is 2.75 bits per heavy atom. The molecule has 0 spiro atoms. The van der Waals surface area contributed by atoms with E-state index in [2.05, 4.69) is 33.3 Å². The maximum atomic E-state index is 14.9. The number of terminal acetylenes is 1. The van der Waals surface area contributed by atoms with Crippen molar-refractivity contribution in [1.82, 2.24) is 19.8 Å². The Bertz CT molecular complexity index is 1910. The minimum Gasteiger partial charge on any atom is -0.508 e. The van der Waals surface area contributed by atoms with Gasteiger partial charge in [0.1, 0.15) is 24.0 Å². The van der Waals surface area contributed by atoms with Gasteiger partial charge in [0, 0.05) is 42.3 Å². The molecule has 1 aromatic heterocycles. The molecular weight excluding hydrogens is 609 g/mol. The molecule has 2 aromatic carbocycles. The van der Waals surface area contributed by atoms with Crippen molar-refractivity contribution in [3.63, 3.8) is 0 Å². The van der Waals surface area contributed by atoms with Gasteiger partial charge in [0.2, 0.25) is 5.91 Å². The molecule has 1 N–H and O–H groups in total. The van der Waals surface area contributed by atoms with E-state index < -0.39 is 5.82 Å². The van der Waals surface area contributed by atoms with E-state index in [-0.39, 0.29) is 40.8 Å². The summed E-state index contributed by atoms with van der Waals surface area (Å²) in [6, 6.07) is 8.54. The van der Waals surface area contributed by atoms with Gasteiger partial charge in [-0.15, -0.1) is 6.42 Å². The van der Waals surface area contributed by atoms with Crippen molar-refractivity contribution in [2.75, 3.05) is 49.1 Å². The number of hydrogen-bond acceptors (Lipinski definition) is 9. The van der Waals surface area contributed by atoms with Gasteiger partial charge < -0.3 is 24.5 Å². The van der Waals surface area contributed by atoms with Crippen LogP contribution in [0.3, 0.4) is 0 Å². The molecule has 5 aliphatic heterocycles. The molecule has 1 amide bonds. The number of phenolic OH excluding ortho intramolecular Hbond substituents is 1. The summed E-state index contributed by atoms with van der Waals surface area (Å²) in [7, 11) is 0. The Hall–Kier alpha value is -4.87. The van der Waals surface area contributed by atoms with Gasteiger partial charge in [-0.2, -0.15) is 15.2 Å². The van der Waals surface area contributed by atoms with Crippen molar-refractivity contribution >= 4 is 28.2 Å². The zero-order valence-corrected chi connectivity index (χ0v) is 26.9. The van der Waals surface area contributed by atoms with E-state index in [1.165, 1.54) is 12.1 Å². The maximum absolute atomic E-state index is 14.9. The lowest BCUT2D eigenvalue weighted by molar-refractivity contribution is -0.129. The Morgan fingerprint density at radius 1 is 1.19 bits per heavy atom. The van der Waals surface area contributed by atoms with Gasteiger partial charge in [0.15, 0.2) is 0 Å². The third kappa shape index (κ3) is 4.83. The summed E-state index contributed by atoms with van der Waals surface area (Å²) in [6.07, 6.45) is 12.8. The molecule has 8 rings (SSSR count). The molecule has 3 aromatic rings. The molecule has 2 bridgehead atoms. The van der Waals surface area contributed by atoms with Crippen LogP contribution in [0.5, 0.6) is 11.8 Å². The number of aromatic hydroxyl groups is 1. The molecule has 246 valence electrons. The third-order valence-corrected chi connectivity index (χ3v) is 11.3. The first kappa shape index (κ1) is 30.5. The predicted molar refractivity (Wildman–Crippen MR) is 179 cm³/mol. The van der Waals surface area contributed by atoms with Crippen LogP contribution < -0.4 is 14.5 Å². The minimum atomic E-state index is -0.485. The fraction of sp³-hybridized carbons (Fsp3) is 0.459. The van der Waals surface area contributed by atoms with Crippen LogP contribution in [-0.4, -0.2) is 87.7 Å². The smallest absolute Gasteiger partial charge is 0.318 e. The Labute approximate surface area is 279 Å². The van der Waals surface area contributed by atoms with Gasteiger partial charge in [0.25, 0.3) is 0 Å². The van der Waals surface area contributed by atoms with Crippen molar-refractivity contribution in [2.45, 2.75) is 62.7 Å². The first-order valence-corrected chi connectivity index (χ1v) is 16.9. The topological polar surface area (TPSA) is 109 Å². The number of phenols is 1. The number of ether oxygens (including phenoxy) is 1. The van der Waals surface area contributed by atoms with Crippen molar-refractivity contribution in [3.05, 3.63) is 59.6 Å². The lowest BCUT2D eigenvalue weighted by atomic mass is 9.95. The van der Waals surface area contributed by atoms with E-state index in [0.29, 0.717) is 68.1 Å². The van der Waals surface area contributed by atoms with Crippen molar-refractivity contribution in [2.24, 2.45) is 5.92 Å². The van der Waals surface area contributed by atoms with Crippen molar-refractivity contribution in [1.29, 1.82) is 5.26 Å². The number of rotatable bonds is 6. The summed E-state index contributed by atoms with van der Waals surface area (Å²) >= 11 is 0. The van der Waals surface area contributed by atoms with Crippen LogP contribution >= 0.6 is 0 Å². The molecule has 5 aliphatic rings. The molecule has 0 radical (unpaired) electrons. The molecule has 1 unspecified atom stereocenters. The number of aromatic nitrogens is 2. The van der Waals surface area contributed by atoms with Crippen LogP contribution in [0.1, 0.15) is 48.9 Å². The predicted octanol–water partition coefficient (Wildman–Crippen LogP) is 4.14. The number of anilines is 2. The van der Waals surface area contributed by atoms with Crippen LogP contribution in [0, 0.1) is 35.4 Å². The Kier molecular flexibility index (Phi) is 7.41. The summed E-state index contributed by atoms with van der Waals surface area (Å²) in [5.74, 6) is 2.46. The number of nitriles is 1. The van der Waals surface area contributed by atoms with Crippen LogP contribution in [-0.2, 0) is 17.8 Å². The molecule has 4 saturated heterocycles. The SMILES string of the molecule is C#Cc1c(F)ccc2cc(O)cc(N3CCc4c(nc(OCC56CCCN5CCC6)nc4N4C[C@@H]5CC(C#N)[C@H](C4)N5C(=O)C=C)C3)c12. The highest BCUT2D eigenvalue weighted by atomic mass is 19.1. The van der Waals surface area contributed by atoms with Crippen LogP contribution in [0.15, 0.2) is 36.9 Å². The van der Waals surface area contributed by atoms with E-state index in [4.69, 9.17) is 21.1 Å². The van der Waals surface area contributed by atoms with Gasteiger partial charge in [-0.05, 0) is 75.2 Å². The zero-order chi connectivity index (χ0) is 33.2. The normalized spacial score (nSPS) is 24.2. The Balaban J connectivity index is 1.18. The number of fused-ring (bicyclic) bond motifs is 5.